The average Bonchev–Trinajstić information content (AvgIpc) is 3.41. The number of nitrogens with zero attached hydrogens (tertiary/aromatic N) is 4. The van der Waals surface area contributed by atoms with Gasteiger partial charge in [0, 0.05) is 53.6 Å². The number of Topliss-reactive ketones (excluding diaryl/α,β-unsaturated/α-hetero) is 1. The first-order valence-corrected chi connectivity index (χ1v) is 13.2. The topological polar surface area (TPSA) is 78.5 Å². The number of rotatable bonds is 7. The first-order valence-electron chi connectivity index (χ1n) is 13.2. The van der Waals surface area contributed by atoms with E-state index in [1.165, 1.54) is 47.2 Å². The minimum atomic E-state index is -0.658. The first kappa shape index (κ1) is 26.8. The van der Waals surface area contributed by atoms with Crippen molar-refractivity contribution in [1.82, 2.24) is 19.2 Å². The van der Waals surface area contributed by atoms with Crippen molar-refractivity contribution in [2.45, 2.75) is 20.3 Å². The molecule has 0 saturated heterocycles. The van der Waals surface area contributed by atoms with Gasteiger partial charge < -0.3 is 4.74 Å². The number of carbonyl (C=O) groups excluding carboxylic acids is 1. The lowest BCUT2D eigenvalue weighted by molar-refractivity contribution is 0.0990. The molecular formula is C33H24F2N4O3. The molecule has 0 aliphatic carbocycles. The van der Waals surface area contributed by atoms with E-state index in [0.29, 0.717) is 28.1 Å². The van der Waals surface area contributed by atoms with E-state index in [0.717, 1.165) is 16.8 Å². The van der Waals surface area contributed by atoms with Gasteiger partial charge in [0.05, 0.1) is 11.8 Å². The van der Waals surface area contributed by atoms with Gasteiger partial charge in [0.15, 0.2) is 23.1 Å². The Balaban J connectivity index is 1.27. The Labute approximate surface area is 239 Å². The Morgan fingerprint density at radius 1 is 0.905 bits per heavy atom. The minimum Gasteiger partial charge on any atom is -0.452 e. The molecule has 0 unspecified atom stereocenters. The van der Waals surface area contributed by atoms with Crippen molar-refractivity contribution in [2.75, 3.05) is 0 Å². The smallest absolute Gasteiger partial charge is 0.266 e. The van der Waals surface area contributed by atoms with Crippen molar-refractivity contribution in [3.8, 4) is 28.3 Å². The largest absolute Gasteiger partial charge is 0.452 e. The van der Waals surface area contributed by atoms with Crippen LogP contribution < -0.4 is 10.3 Å². The predicted molar refractivity (Wildman–Crippen MR) is 154 cm³/mol. The van der Waals surface area contributed by atoms with E-state index < -0.39 is 23.0 Å². The van der Waals surface area contributed by atoms with Gasteiger partial charge in [-0.3, -0.25) is 19.1 Å². The van der Waals surface area contributed by atoms with E-state index in [-0.39, 0.29) is 17.7 Å². The summed E-state index contributed by atoms with van der Waals surface area (Å²) in [6.45, 7) is 3.57. The number of hydrogen-bond donors (Lipinski definition) is 0. The molecule has 6 rings (SSSR count). The highest BCUT2D eigenvalue weighted by Crippen LogP contribution is 2.35. The molecule has 208 valence electrons. The maximum Gasteiger partial charge on any atom is 0.266 e. The molecule has 6 aromatic rings. The van der Waals surface area contributed by atoms with Crippen molar-refractivity contribution < 1.29 is 18.3 Å². The highest BCUT2D eigenvalue weighted by Gasteiger charge is 2.19. The molecule has 0 radical (unpaired) electrons. The maximum atomic E-state index is 15.3. The third-order valence-electron chi connectivity index (χ3n) is 7.00. The number of ether oxygens (including phenoxy) is 1. The van der Waals surface area contributed by atoms with Gasteiger partial charge in [0.1, 0.15) is 11.3 Å². The van der Waals surface area contributed by atoms with E-state index in [1.807, 2.05) is 25.1 Å². The van der Waals surface area contributed by atoms with Gasteiger partial charge >= 0.3 is 0 Å². The van der Waals surface area contributed by atoms with Crippen LogP contribution in [-0.2, 0) is 6.42 Å². The van der Waals surface area contributed by atoms with Crippen LogP contribution in [0.1, 0.15) is 27.2 Å². The summed E-state index contributed by atoms with van der Waals surface area (Å²) in [6, 6.07) is 18.7. The molecular weight excluding hydrogens is 538 g/mol. The molecule has 0 aliphatic heterocycles. The molecule has 2 aromatic carbocycles. The van der Waals surface area contributed by atoms with E-state index >= 15 is 4.39 Å². The van der Waals surface area contributed by atoms with Crippen molar-refractivity contribution in [1.29, 1.82) is 0 Å². The Morgan fingerprint density at radius 3 is 2.45 bits per heavy atom. The summed E-state index contributed by atoms with van der Waals surface area (Å²) in [7, 11) is 0. The zero-order chi connectivity index (χ0) is 29.4. The molecule has 4 aromatic heterocycles. The van der Waals surface area contributed by atoms with E-state index in [4.69, 9.17) is 4.74 Å². The highest BCUT2D eigenvalue weighted by molar-refractivity contribution is 5.98. The second-order valence-corrected chi connectivity index (χ2v) is 9.90. The van der Waals surface area contributed by atoms with Crippen LogP contribution in [0.25, 0.3) is 22.3 Å². The SMILES string of the molecule is Cc1ccc(-c2ccn3nccc(Oc4ccc(CC(=O)c5c(C)ccn(-c6ccc(F)cc6)c5=O)cc4F)c23)cn1. The van der Waals surface area contributed by atoms with Gasteiger partial charge in [-0.2, -0.15) is 5.10 Å². The molecule has 0 atom stereocenters. The quantitative estimate of drug-likeness (QED) is 0.203. The van der Waals surface area contributed by atoms with Crippen LogP contribution >= 0.6 is 0 Å². The molecule has 0 bridgehead atoms. The molecule has 4 heterocycles. The third-order valence-corrected chi connectivity index (χ3v) is 7.00. The second kappa shape index (κ2) is 10.9. The standard InChI is InChI=1S/C33H24F2N4O3/c1-20-12-15-38(25-8-6-24(34)7-9-25)33(41)31(20)28(40)18-22-4-10-29(27(35)17-22)42-30-11-14-37-39-16-13-26(32(30)39)23-5-3-21(2)36-19-23/h3-17,19H,18H2,1-2H3. The maximum absolute atomic E-state index is 15.3. The number of carbonyl (C=O) groups is 1. The van der Waals surface area contributed by atoms with Gasteiger partial charge in [-0.15, -0.1) is 0 Å². The predicted octanol–water partition coefficient (Wildman–Crippen LogP) is 6.66. The Kier molecular flexibility index (Phi) is 6.92. The molecule has 0 N–H and O–H groups in total. The van der Waals surface area contributed by atoms with Crippen molar-refractivity contribution in [3.05, 3.63) is 142 Å². The van der Waals surface area contributed by atoms with Crippen LogP contribution in [0.5, 0.6) is 11.5 Å². The number of benzene rings is 2. The molecule has 0 aliphatic rings. The van der Waals surface area contributed by atoms with Crippen LogP contribution in [0.3, 0.4) is 0 Å². The first-order chi connectivity index (χ1) is 20.3. The van der Waals surface area contributed by atoms with Gasteiger partial charge in [0.25, 0.3) is 5.56 Å². The normalized spacial score (nSPS) is 11.1. The molecule has 9 heteroatoms. The lowest BCUT2D eigenvalue weighted by Gasteiger charge is -2.12. The van der Waals surface area contributed by atoms with Crippen molar-refractivity contribution in [3.63, 3.8) is 0 Å². The molecule has 0 amide bonds. The zero-order valence-corrected chi connectivity index (χ0v) is 22.7. The Hall–Kier alpha value is -5.44. The monoisotopic (exact) mass is 562 g/mol. The lowest BCUT2D eigenvalue weighted by atomic mass is 10.0. The number of halogens is 2. The summed E-state index contributed by atoms with van der Waals surface area (Å²) in [5, 5.41) is 4.33. The Morgan fingerprint density at radius 2 is 1.71 bits per heavy atom. The number of aryl methyl sites for hydroxylation is 2. The van der Waals surface area contributed by atoms with Crippen molar-refractivity contribution >= 4 is 11.3 Å². The summed E-state index contributed by atoms with van der Waals surface area (Å²) in [5.41, 5.74) is 4.01. The van der Waals surface area contributed by atoms with Crippen LogP contribution in [0.15, 0.2) is 102 Å². The van der Waals surface area contributed by atoms with Gasteiger partial charge in [-0.1, -0.05) is 12.1 Å². The summed E-state index contributed by atoms with van der Waals surface area (Å²) >= 11 is 0. The van der Waals surface area contributed by atoms with Crippen LogP contribution in [0, 0.1) is 25.5 Å². The van der Waals surface area contributed by atoms with E-state index in [1.54, 1.807) is 48.2 Å². The molecule has 0 fully saturated rings. The second-order valence-electron chi connectivity index (χ2n) is 9.90. The number of pyridine rings is 2. The summed E-state index contributed by atoms with van der Waals surface area (Å²) < 4.78 is 37.6. The average molecular weight is 563 g/mol. The summed E-state index contributed by atoms with van der Waals surface area (Å²) in [5.74, 6) is -1.18. The van der Waals surface area contributed by atoms with Gasteiger partial charge in [0.2, 0.25) is 0 Å². The number of ketones is 1. The minimum absolute atomic E-state index is 0.00639. The zero-order valence-electron chi connectivity index (χ0n) is 22.7. The summed E-state index contributed by atoms with van der Waals surface area (Å²) in [6.07, 6.45) is 6.46. The fraction of sp³-hybridized carbons (Fsp3) is 0.0909. The van der Waals surface area contributed by atoms with Gasteiger partial charge in [-0.25, -0.2) is 13.3 Å². The fourth-order valence-corrected chi connectivity index (χ4v) is 4.86. The summed E-state index contributed by atoms with van der Waals surface area (Å²) in [4.78, 5) is 30.8. The number of hydrogen-bond acceptors (Lipinski definition) is 5. The number of fused-ring (bicyclic) bond motifs is 1. The van der Waals surface area contributed by atoms with E-state index in [9.17, 15) is 14.0 Å². The number of aromatic nitrogens is 4. The van der Waals surface area contributed by atoms with Crippen LogP contribution in [0.2, 0.25) is 0 Å². The molecule has 7 nitrogen and oxygen atoms in total. The van der Waals surface area contributed by atoms with Crippen molar-refractivity contribution in [2.24, 2.45) is 0 Å². The molecule has 0 saturated carbocycles. The molecule has 42 heavy (non-hydrogen) atoms. The molecule has 0 spiro atoms. The Bertz CT molecular complexity index is 2010. The lowest BCUT2D eigenvalue weighted by Crippen LogP contribution is -2.27. The van der Waals surface area contributed by atoms with Crippen LogP contribution in [0.4, 0.5) is 8.78 Å². The highest BCUT2D eigenvalue weighted by atomic mass is 19.1. The van der Waals surface area contributed by atoms with Gasteiger partial charge in [-0.05, 0) is 79.6 Å². The third kappa shape index (κ3) is 5.08. The van der Waals surface area contributed by atoms with Crippen LogP contribution in [-0.4, -0.2) is 24.9 Å². The fourth-order valence-electron chi connectivity index (χ4n) is 4.86. The van der Waals surface area contributed by atoms with E-state index in [2.05, 4.69) is 10.1 Å².